The molecule has 21 aromatic carbocycles. The summed E-state index contributed by atoms with van der Waals surface area (Å²) in [5.74, 6) is 5.32. The molecule has 0 atom stereocenters. The fraction of sp³-hybridized carbons (Fsp3) is 0.0687. The Morgan fingerprint density at radius 2 is 0.518 bits per heavy atom. The smallest absolute Gasteiger partial charge is 0.178 e. The summed E-state index contributed by atoms with van der Waals surface area (Å²) in [6.07, 6.45) is 0. The molecule has 5 nitrogen and oxygen atoms in total. The van der Waals surface area contributed by atoms with Crippen LogP contribution in [-0.2, 0) is 16.2 Å². The van der Waals surface area contributed by atoms with Crippen LogP contribution in [0.25, 0.3) is 197 Å². The lowest BCUT2D eigenvalue weighted by Crippen LogP contribution is -2.24. The molecule has 0 aliphatic carbocycles. The van der Waals surface area contributed by atoms with Gasteiger partial charge in [-0.1, -0.05) is 381 Å². The normalized spacial score (nSPS) is 13.4. The lowest BCUT2D eigenvalue weighted by molar-refractivity contribution is 0.415. The molecule has 0 fully saturated rings. The Morgan fingerprint density at radius 3 is 1.04 bits per heavy atom. The highest BCUT2D eigenvalue weighted by Crippen LogP contribution is 2.58. The van der Waals surface area contributed by atoms with Crippen molar-refractivity contribution in [1.29, 1.82) is 0 Å². The van der Waals surface area contributed by atoms with E-state index in [1.165, 1.54) is 147 Å². The lowest BCUT2D eigenvalue weighted by atomic mass is 9.74. The zero-order valence-corrected chi connectivity index (χ0v) is 77.5. The predicted octanol–water partition coefficient (Wildman–Crippen LogP) is 37.5. The number of benzene rings is 21. The van der Waals surface area contributed by atoms with Gasteiger partial charge >= 0.3 is 0 Å². The molecule has 0 spiro atoms. The van der Waals surface area contributed by atoms with Gasteiger partial charge in [0.1, 0.15) is 34.2 Å². The molecule has 0 radical (unpaired) electrons. The van der Waals surface area contributed by atoms with Crippen LogP contribution in [0.15, 0.2) is 458 Å². The van der Waals surface area contributed by atoms with Crippen molar-refractivity contribution < 1.29 is 23.0 Å². The highest BCUT2D eigenvalue weighted by atomic mass is 32.1. The maximum absolute atomic E-state index is 6.81. The highest BCUT2D eigenvalue weighted by Gasteiger charge is 2.40. The van der Waals surface area contributed by atoms with E-state index in [1.807, 2.05) is 23.5 Å². The molecule has 3 aromatic heterocycles. The second kappa shape index (κ2) is 32.9. The predicted molar refractivity (Wildman–Crippen MR) is 572 cm³/mol. The van der Waals surface area contributed by atoms with E-state index in [4.69, 9.17) is 23.0 Å². The van der Waals surface area contributed by atoms with Crippen molar-refractivity contribution in [1.82, 2.24) is 0 Å². The number of thiophene rings is 1. The van der Waals surface area contributed by atoms with Crippen molar-refractivity contribution in [2.45, 2.75) is 57.8 Å². The van der Waals surface area contributed by atoms with Gasteiger partial charge in [0.15, 0.2) is 22.7 Å². The summed E-state index contributed by atoms with van der Waals surface area (Å²) in [6.45, 7) is 13.8. The van der Waals surface area contributed by atoms with Crippen LogP contribution in [-0.4, -0.2) is 0 Å². The zero-order chi connectivity index (χ0) is 91.8. The first-order chi connectivity index (χ1) is 67.1. The molecule has 0 saturated carbocycles. The van der Waals surface area contributed by atoms with Crippen molar-refractivity contribution >= 4 is 96.9 Å². The summed E-state index contributed by atoms with van der Waals surface area (Å²) in [4.78, 5) is 0. The summed E-state index contributed by atoms with van der Waals surface area (Å²) in [7, 11) is 0. The third-order valence-electron chi connectivity index (χ3n) is 28.8. The van der Waals surface area contributed by atoms with Gasteiger partial charge in [0.2, 0.25) is 0 Å². The minimum absolute atomic E-state index is 0.206. The van der Waals surface area contributed by atoms with Crippen LogP contribution < -0.4 is 14.2 Å². The standard InChI is InChI=1S/C51H36O2.C41H28O2.C39H28OS/c1-51(2)45-25-24-43-44-31-38(37-20-18-36(19-21-37)33-12-6-3-7-13-33)22-26-47(44)52-49(43)50(45)53-48-27-23-39(32-46(48)51)42-29-40(34-14-8-4-9-15-34)28-41(30-42)35-16-10-5-11-17-35;1-41(2)35-21-19-27(24-38(35)43-40-36(41)22-20-33-32-13-7-8-14-37(32)42-39(33)40)25-15-17-26(18-16-25)34-23-28-9-3-4-10-29(28)30-11-5-6-12-31(30)34;1-39(2)33-19-18-32-31-15-9-10-16-36(31)41-38(32)37(33)40-35-20-17-27(24-34(35)39)30-22-28(25-11-5-3-6-12-25)21-29(23-30)26-13-7-4-8-14-26/h3-32H,1-2H3;3-24H,1-2H3;3-24H,1-2H3. The number of ether oxygens (including phenoxy) is 3. The van der Waals surface area contributed by atoms with Gasteiger partial charge in [0.05, 0.1) is 4.70 Å². The van der Waals surface area contributed by atoms with Crippen molar-refractivity contribution in [2.75, 3.05) is 0 Å². The molecule has 3 aliphatic rings. The second-order valence-electron chi connectivity index (χ2n) is 38.1. The fourth-order valence-corrected chi connectivity index (χ4v) is 22.5. The van der Waals surface area contributed by atoms with Crippen LogP contribution in [0, 0.1) is 0 Å². The quantitative estimate of drug-likeness (QED) is 0.128. The molecule has 0 bridgehead atoms. The van der Waals surface area contributed by atoms with Gasteiger partial charge in [-0.15, -0.1) is 11.3 Å². The number of hydrogen-bond acceptors (Lipinski definition) is 6. The first kappa shape index (κ1) is 82.3. The number of furan rings is 2. The molecule has 0 amide bonds. The lowest BCUT2D eigenvalue weighted by Gasteiger charge is -2.35. The van der Waals surface area contributed by atoms with Crippen molar-refractivity contribution in [3.05, 3.63) is 482 Å². The number of para-hydroxylation sites is 1. The minimum Gasteiger partial charge on any atom is -0.455 e. The first-order valence-corrected chi connectivity index (χ1v) is 48.0. The van der Waals surface area contributed by atoms with Gasteiger partial charge in [-0.3, -0.25) is 0 Å². The van der Waals surface area contributed by atoms with E-state index in [0.717, 1.165) is 117 Å². The third-order valence-corrected chi connectivity index (χ3v) is 30.0. The summed E-state index contributed by atoms with van der Waals surface area (Å²) in [5, 5.41) is 12.0. The van der Waals surface area contributed by atoms with E-state index in [0.29, 0.717) is 0 Å². The maximum Gasteiger partial charge on any atom is 0.178 e. The Balaban J connectivity index is 0.000000110. The molecule has 24 aromatic rings. The topological polar surface area (TPSA) is 54.0 Å². The highest BCUT2D eigenvalue weighted by molar-refractivity contribution is 7.26. The number of hydrogen-bond donors (Lipinski definition) is 0. The van der Waals surface area contributed by atoms with Gasteiger partial charge in [-0.2, -0.15) is 0 Å². The van der Waals surface area contributed by atoms with Crippen molar-refractivity contribution in [3.8, 4) is 146 Å². The van der Waals surface area contributed by atoms with Gasteiger partial charge in [0.25, 0.3) is 0 Å². The van der Waals surface area contributed by atoms with Crippen LogP contribution in [0.1, 0.15) is 74.9 Å². The minimum atomic E-state index is -0.322. The first-order valence-electron chi connectivity index (χ1n) is 47.2. The molecule has 27 rings (SSSR count). The zero-order valence-electron chi connectivity index (χ0n) is 76.7. The van der Waals surface area contributed by atoms with E-state index in [2.05, 4.69) is 478 Å². The average molecular weight is 1780 g/mol. The van der Waals surface area contributed by atoms with E-state index in [-0.39, 0.29) is 16.2 Å². The molecular formula is C131H92O5S. The van der Waals surface area contributed by atoms with Crippen LogP contribution in [0.4, 0.5) is 0 Å². The molecule has 0 saturated heterocycles. The molecule has 6 heterocycles. The molecule has 652 valence electrons. The summed E-state index contributed by atoms with van der Waals surface area (Å²) >= 11 is 1.83. The molecule has 0 unspecified atom stereocenters. The van der Waals surface area contributed by atoms with Crippen LogP contribution in [0.3, 0.4) is 0 Å². The molecular weight excluding hydrogens is 1690 g/mol. The molecule has 3 aliphatic heterocycles. The Morgan fingerprint density at radius 1 is 0.182 bits per heavy atom. The molecule has 6 heteroatoms. The number of fused-ring (bicyclic) bond motifs is 21. The van der Waals surface area contributed by atoms with Gasteiger partial charge < -0.3 is 23.0 Å². The van der Waals surface area contributed by atoms with Crippen LogP contribution >= 0.6 is 11.3 Å². The molecule has 0 N–H and O–H groups in total. The Kier molecular flexibility index (Phi) is 19.8. The van der Waals surface area contributed by atoms with Crippen molar-refractivity contribution in [2.24, 2.45) is 0 Å². The van der Waals surface area contributed by atoms with Gasteiger partial charge in [-0.05, 0) is 242 Å². The maximum atomic E-state index is 6.81. The second-order valence-corrected chi connectivity index (χ2v) is 39.1. The van der Waals surface area contributed by atoms with E-state index < -0.39 is 0 Å². The van der Waals surface area contributed by atoms with E-state index in [1.54, 1.807) is 0 Å². The number of rotatable bonds is 10. The van der Waals surface area contributed by atoms with Crippen LogP contribution in [0.5, 0.6) is 34.5 Å². The Hall–Kier alpha value is -16.6. The fourth-order valence-electron chi connectivity index (χ4n) is 21.3. The summed E-state index contributed by atoms with van der Waals surface area (Å²) in [6, 6.07) is 161. The Labute approximate surface area is 800 Å². The summed E-state index contributed by atoms with van der Waals surface area (Å²) < 4.78 is 35.8. The Bertz CT molecular complexity index is 8790. The summed E-state index contributed by atoms with van der Waals surface area (Å²) in [5.41, 5.74) is 33.5. The van der Waals surface area contributed by atoms with Gasteiger partial charge in [-0.25, -0.2) is 0 Å². The average Bonchev–Trinajstić information content (AvgIpc) is 1.55. The van der Waals surface area contributed by atoms with Crippen LogP contribution in [0.2, 0.25) is 0 Å². The van der Waals surface area contributed by atoms with E-state index >= 15 is 0 Å². The van der Waals surface area contributed by atoms with E-state index in [9.17, 15) is 0 Å². The van der Waals surface area contributed by atoms with Crippen molar-refractivity contribution in [3.63, 3.8) is 0 Å². The van der Waals surface area contributed by atoms with Gasteiger partial charge in [0, 0.05) is 86.6 Å². The third kappa shape index (κ3) is 14.4. The largest absolute Gasteiger partial charge is 0.455 e. The SMILES string of the molecule is CC1(C)c2cc(-c3cc(-c4ccccc4)cc(-c4ccccc4)c3)ccc2Oc2c1ccc1c2oc2ccc(-c3ccc(-c4ccccc4)cc3)cc21.CC1(C)c2cc(-c3cc(-c4ccccc4)cc(-c4ccccc4)c3)ccc2Oc2c1ccc1c2sc2ccccc21.CC1(C)c2ccc(-c3ccc(-c4cc5ccccc5c5ccccc45)cc3)cc2Oc2c1ccc1c2oc2ccccc21. The molecule has 137 heavy (non-hydrogen) atoms. The monoisotopic (exact) mass is 1780 g/mol.